The van der Waals surface area contributed by atoms with Crippen molar-refractivity contribution in [1.82, 2.24) is 4.90 Å². The monoisotopic (exact) mass is 378 g/mol. The van der Waals surface area contributed by atoms with E-state index in [1.807, 2.05) is 68.7 Å². The van der Waals surface area contributed by atoms with Crippen LogP contribution in [0, 0.1) is 0 Å². The van der Waals surface area contributed by atoms with Gasteiger partial charge in [0, 0.05) is 31.9 Å². The second-order valence-corrected chi connectivity index (χ2v) is 7.46. The van der Waals surface area contributed by atoms with E-state index in [2.05, 4.69) is 9.80 Å². The first-order chi connectivity index (χ1) is 13.6. The maximum absolute atomic E-state index is 12.4. The maximum atomic E-state index is 12.4. The second-order valence-electron chi connectivity index (χ2n) is 7.46. The summed E-state index contributed by atoms with van der Waals surface area (Å²) in [5.41, 5.74) is 2.82. The van der Waals surface area contributed by atoms with Crippen LogP contribution in [0.25, 0.3) is 6.08 Å². The second kappa shape index (κ2) is 10.1. The quantitative estimate of drug-likeness (QED) is 0.500. The van der Waals surface area contributed by atoms with Crippen LogP contribution in [0.3, 0.4) is 0 Å². The fraction of sp³-hybridized carbons (Fsp3) is 0.375. The van der Waals surface area contributed by atoms with Crippen molar-refractivity contribution in [1.29, 1.82) is 0 Å². The number of ether oxygens (including phenoxy) is 1. The van der Waals surface area contributed by atoms with Gasteiger partial charge in [-0.1, -0.05) is 24.6 Å². The molecule has 0 aliphatic carbocycles. The molecule has 1 heterocycles. The Hall–Kier alpha value is -2.59. The number of hydrogen-bond acceptors (Lipinski definition) is 4. The summed E-state index contributed by atoms with van der Waals surface area (Å²) in [6.07, 6.45) is 7.42. The highest BCUT2D eigenvalue weighted by Gasteiger charge is 2.09. The summed E-state index contributed by atoms with van der Waals surface area (Å²) < 4.78 is 5.83. The van der Waals surface area contributed by atoms with E-state index in [0.717, 1.165) is 23.5 Å². The molecule has 1 aliphatic heterocycles. The van der Waals surface area contributed by atoms with Crippen molar-refractivity contribution >= 4 is 17.5 Å². The van der Waals surface area contributed by atoms with Gasteiger partial charge < -0.3 is 9.64 Å². The Kier molecular flexibility index (Phi) is 7.26. The van der Waals surface area contributed by atoms with Crippen molar-refractivity contribution < 1.29 is 9.53 Å². The van der Waals surface area contributed by atoms with Crippen molar-refractivity contribution in [2.75, 3.05) is 45.2 Å². The van der Waals surface area contributed by atoms with Gasteiger partial charge in [0.05, 0.1) is 0 Å². The topological polar surface area (TPSA) is 32.8 Å². The summed E-state index contributed by atoms with van der Waals surface area (Å²) in [7, 11) is 4.02. The van der Waals surface area contributed by atoms with Gasteiger partial charge in [-0.15, -0.1) is 0 Å². The molecular weight excluding hydrogens is 348 g/mol. The van der Waals surface area contributed by atoms with Crippen LogP contribution in [-0.2, 0) is 0 Å². The molecule has 0 unspecified atom stereocenters. The van der Waals surface area contributed by atoms with E-state index in [-0.39, 0.29) is 5.78 Å². The van der Waals surface area contributed by atoms with Gasteiger partial charge in [-0.05, 0) is 74.0 Å². The lowest BCUT2D eigenvalue weighted by molar-refractivity contribution is 0.104. The molecule has 1 aliphatic rings. The molecule has 0 aromatic heterocycles. The average Bonchev–Trinajstić information content (AvgIpc) is 2.73. The van der Waals surface area contributed by atoms with E-state index in [0.29, 0.717) is 12.2 Å². The van der Waals surface area contributed by atoms with Crippen LogP contribution < -0.4 is 9.64 Å². The van der Waals surface area contributed by atoms with Crippen LogP contribution in [0.5, 0.6) is 5.75 Å². The minimum absolute atomic E-state index is 0.00319. The van der Waals surface area contributed by atoms with E-state index >= 15 is 0 Å². The highest BCUT2D eigenvalue weighted by Crippen LogP contribution is 2.16. The zero-order valence-corrected chi connectivity index (χ0v) is 16.9. The lowest BCUT2D eigenvalue weighted by Gasteiger charge is -2.26. The molecule has 4 heteroatoms. The Morgan fingerprint density at radius 1 is 1.00 bits per heavy atom. The van der Waals surface area contributed by atoms with Gasteiger partial charge in [0.2, 0.25) is 0 Å². The number of likely N-dealkylation sites (tertiary alicyclic amines) is 1. The fourth-order valence-electron chi connectivity index (χ4n) is 3.34. The SMILES string of the molecule is CN(C)c1ccc(/C=C/C(=O)c2ccc(OCCN3CCCCC3)cc2)cc1. The highest BCUT2D eigenvalue weighted by atomic mass is 16.5. The lowest BCUT2D eigenvalue weighted by atomic mass is 10.1. The molecule has 0 N–H and O–H groups in total. The number of carbonyl (C=O) groups excluding carboxylic acids is 1. The van der Waals surface area contributed by atoms with Crippen LogP contribution in [0.2, 0.25) is 0 Å². The largest absolute Gasteiger partial charge is 0.492 e. The van der Waals surface area contributed by atoms with E-state index in [1.54, 1.807) is 6.08 Å². The molecule has 0 bridgehead atoms. The standard InChI is InChI=1S/C24H30N2O2/c1-25(2)22-11-6-20(7-12-22)8-15-24(27)21-9-13-23(14-10-21)28-19-18-26-16-4-3-5-17-26/h6-15H,3-5,16-19H2,1-2H3/b15-8+. The minimum atomic E-state index is -0.00319. The Morgan fingerprint density at radius 2 is 1.68 bits per heavy atom. The zero-order valence-electron chi connectivity index (χ0n) is 16.9. The van der Waals surface area contributed by atoms with Crippen LogP contribution >= 0.6 is 0 Å². The molecular formula is C24H30N2O2. The third kappa shape index (κ3) is 5.96. The summed E-state index contributed by atoms with van der Waals surface area (Å²) >= 11 is 0. The molecule has 148 valence electrons. The summed E-state index contributed by atoms with van der Waals surface area (Å²) in [4.78, 5) is 16.9. The number of allylic oxidation sites excluding steroid dienone is 1. The van der Waals surface area contributed by atoms with E-state index in [9.17, 15) is 4.79 Å². The highest BCUT2D eigenvalue weighted by molar-refractivity contribution is 6.06. The predicted molar refractivity (Wildman–Crippen MR) is 116 cm³/mol. The number of rotatable bonds is 8. The van der Waals surface area contributed by atoms with Crippen LogP contribution in [0.1, 0.15) is 35.2 Å². The Labute approximate surface area is 168 Å². The molecule has 0 saturated carbocycles. The van der Waals surface area contributed by atoms with E-state index in [4.69, 9.17) is 4.74 Å². The number of hydrogen-bond donors (Lipinski definition) is 0. The van der Waals surface area contributed by atoms with Crippen molar-refractivity contribution in [2.24, 2.45) is 0 Å². The third-order valence-electron chi connectivity index (χ3n) is 5.10. The van der Waals surface area contributed by atoms with Gasteiger partial charge in [-0.2, -0.15) is 0 Å². The number of anilines is 1. The van der Waals surface area contributed by atoms with Crippen molar-refractivity contribution in [3.05, 3.63) is 65.7 Å². The third-order valence-corrected chi connectivity index (χ3v) is 5.10. The zero-order chi connectivity index (χ0) is 19.8. The maximum Gasteiger partial charge on any atom is 0.185 e. The molecule has 0 spiro atoms. The first-order valence-corrected chi connectivity index (χ1v) is 10.1. The average molecular weight is 379 g/mol. The Balaban J connectivity index is 1.48. The van der Waals surface area contributed by atoms with E-state index in [1.165, 1.54) is 32.4 Å². The van der Waals surface area contributed by atoms with Crippen molar-refractivity contribution in [3.63, 3.8) is 0 Å². The molecule has 2 aromatic rings. The molecule has 4 nitrogen and oxygen atoms in total. The number of benzene rings is 2. The molecule has 0 atom stereocenters. The van der Waals surface area contributed by atoms with Gasteiger partial charge in [-0.25, -0.2) is 0 Å². The van der Waals surface area contributed by atoms with Gasteiger partial charge >= 0.3 is 0 Å². The van der Waals surface area contributed by atoms with Crippen LogP contribution in [0.15, 0.2) is 54.6 Å². The number of nitrogens with zero attached hydrogens (tertiary/aromatic N) is 2. The van der Waals surface area contributed by atoms with Gasteiger partial charge in [0.15, 0.2) is 5.78 Å². The molecule has 3 rings (SSSR count). The molecule has 2 aromatic carbocycles. The number of ketones is 1. The first-order valence-electron chi connectivity index (χ1n) is 10.1. The van der Waals surface area contributed by atoms with E-state index < -0.39 is 0 Å². The van der Waals surface area contributed by atoms with Gasteiger partial charge in [-0.3, -0.25) is 9.69 Å². The van der Waals surface area contributed by atoms with Gasteiger partial charge in [0.25, 0.3) is 0 Å². The smallest absolute Gasteiger partial charge is 0.185 e. The normalized spacial score (nSPS) is 14.9. The summed E-state index contributed by atoms with van der Waals surface area (Å²) in [5.74, 6) is 0.813. The summed E-state index contributed by atoms with van der Waals surface area (Å²) in [6.45, 7) is 4.02. The van der Waals surface area contributed by atoms with Crippen LogP contribution in [-0.4, -0.2) is 51.0 Å². The summed E-state index contributed by atoms with van der Waals surface area (Å²) in [5, 5.41) is 0. The first kappa shape index (κ1) is 20.2. The van der Waals surface area contributed by atoms with Crippen LogP contribution in [0.4, 0.5) is 5.69 Å². The Bertz CT molecular complexity index is 773. The summed E-state index contributed by atoms with van der Waals surface area (Å²) in [6, 6.07) is 15.5. The number of carbonyl (C=O) groups is 1. The van der Waals surface area contributed by atoms with Gasteiger partial charge in [0.1, 0.15) is 12.4 Å². The lowest BCUT2D eigenvalue weighted by Crippen LogP contribution is -2.33. The molecule has 0 radical (unpaired) electrons. The molecule has 1 saturated heterocycles. The fourth-order valence-corrected chi connectivity index (χ4v) is 3.34. The molecule has 1 fully saturated rings. The number of piperidine rings is 1. The molecule has 28 heavy (non-hydrogen) atoms. The van der Waals surface area contributed by atoms with Crippen molar-refractivity contribution in [2.45, 2.75) is 19.3 Å². The predicted octanol–water partition coefficient (Wildman–Crippen LogP) is 4.51. The minimum Gasteiger partial charge on any atom is -0.492 e. The Morgan fingerprint density at radius 3 is 2.32 bits per heavy atom. The van der Waals surface area contributed by atoms with Crippen molar-refractivity contribution in [3.8, 4) is 5.75 Å². The molecule has 0 amide bonds.